The molecule has 0 bridgehead atoms. The van der Waals surface area contributed by atoms with E-state index in [1.807, 2.05) is 48.6 Å². The number of nitrogens with zero attached hydrogens (tertiary/aromatic N) is 6. The van der Waals surface area contributed by atoms with Crippen molar-refractivity contribution in [2.24, 2.45) is 0 Å². The molecule has 0 aliphatic carbocycles. The average molecular weight is 549 g/mol. The molecular weight excluding hydrogens is 515 g/mol. The third kappa shape index (κ3) is 5.62. The van der Waals surface area contributed by atoms with E-state index in [-0.39, 0.29) is 11.4 Å². The molecule has 9 nitrogen and oxygen atoms in total. The number of fused-ring (bicyclic) bond motifs is 2. The molecule has 2 aromatic heterocycles. The molecule has 0 saturated heterocycles. The molecule has 0 amide bonds. The zero-order valence-corrected chi connectivity index (χ0v) is 24.1. The van der Waals surface area contributed by atoms with Crippen molar-refractivity contribution in [3.8, 4) is 0 Å². The van der Waals surface area contributed by atoms with Gasteiger partial charge in [0.1, 0.15) is 28.0 Å². The molecule has 3 aromatic rings. The van der Waals surface area contributed by atoms with E-state index in [4.69, 9.17) is 13.0 Å². The number of rotatable bonds is 8. The van der Waals surface area contributed by atoms with E-state index in [1.54, 1.807) is 22.8 Å². The first-order valence-electron chi connectivity index (χ1n) is 12.7. The highest BCUT2D eigenvalue weighted by Gasteiger charge is 2.29. The Morgan fingerprint density at radius 3 is 2.87 bits per heavy atom. The molecule has 12 heteroatoms. The van der Waals surface area contributed by atoms with Gasteiger partial charge in [0.2, 0.25) is 5.95 Å². The van der Waals surface area contributed by atoms with Crippen LogP contribution in [0.2, 0.25) is 0 Å². The maximum atomic E-state index is 12.3. The van der Waals surface area contributed by atoms with Gasteiger partial charge in [0, 0.05) is 56.5 Å². The number of likely N-dealkylation sites (N-methyl/N-ethyl adjacent to an activating group) is 2. The average Bonchev–Trinajstić information content (AvgIpc) is 3.30. The lowest BCUT2D eigenvalue weighted by molar-refractivity contribution is 0.480. The van der Waals surface area contributed by atoms with E-state index in [0.717, 1.165) is 41.4 Å². The highest BCUT2D eigenvalue weighted by Crippen LogP contribution is 2.49. The molecule has 5 rings (SSSR count). The molecule has 2 aliphatic heterocycles. The van der Waals surface area contributed by atoms with Crippen molar-refractivity contribution in [3.05, 3.63) is 53.3 Å². The maximum absolute atomic E-state index is 12.3. The first-order valence-corrected chi connectivity index (χ1v) is 15.1. The van der Waals surface area contributed by atoms with Crippen LogP contribution in [0.5, 0.6) is 0 Å². The van der Waals surface area contributed by atoms with Crippen molar-refractivity contribution in [2.45, 2.75) is 43.0 Å². The topological polar surface area (TPSA) is 89.5 Å². The molecule has 198 valence electrons. The van der Waals surface area contributed by atoms with Crippen LogP contribution in [0.3, 0.4) is 0 Å². The molecule has 4 heterocycles. The number of aromatic nitrogens is 3. The monoisotopic (exact) mass is 548 g/mol. The number of thioether (sulfide) groups is 1. The van der Waals surface area contributed by atoms with Crippen LogP contribution in [0.15, 0.2) is 41.4 Å². The summed E-state index contributed by atoms with van der Waals surface area (Å²) in [6.07, 6.45) is 5.64. The molecule has 0 spiro atoms. The number of nitrogens with one attached hydrogen (secondary N) is 2. The summed E-state index contributed by atoms with van der Waals surface area (Å²) >= 11 is 1.76. The number of hydrogen-bond acceptors (Lipinski definition) is 9. The van der Waals surface area contributed by atoms with E-state index >= 15 is 0 Å². The molecule has 38 heavy (non-hydrogen) atoms. The molecule has 1 aromatic carbocycles. The van der Waals surface area contributed by atoms with Gasteiger partial charge >= 0.3 is 0 Å². The fourth-order valence-corrected chi connectivity index (χ4v) is 6.91. The normalized spacial score (nSPS) is 17.9. The Kier molecular flexibility index (Phi) is 7.83. The Labute approximate surface area is 232 Å². The Bertz CT molecular complexity index is 1360. The predicted octanol–water partition coefficient (Wildman–Crippen LogP) is 4.03. The van der Waals surface area contributed by atoms with Crippen LogP contribution in [0.25, 0.3) is 0 Å². The molecule has 3 unspecified atom stereocenters. The zero-order valence-electron chi connectivity index (χ0n) is 22.4. The molecule has 0 fully saturated rings. The Hall–Kier alpha value is -2.83. The summed E-state index contributed by atoms with van der Waals surface area (Å²) < 4.78 is 14.3. The Balaban J connectivity index is 1.34. The van der Waals surface area contributed by atoms with Gasteiger partial charge in [0.15, 0.2) is 7.98 Å². The first-order chi connectivity index (χ1) is 18.2. The highest BCUT2D eigenvalue weighted by atomic mass is 32.2. The molecule has 2 radical (unpaired) electrons. The maximum Gasteiger partial charge on any atom is 0.227 e. The molecule has 2 N–H and O–H groups in total. The van der Waals surface area contributed by atoms with Gasteiger partial charge in [0.05, 0.1) is 16.3 Å². The van der Waals surface area contributed by atoms with Crippen LogP contribution in [0.1, 0.15) is 35.5 Å². The summed E-state index contributed by atoms with van der Waals surface area (Å²) in [5.74, 6) is 2.03. The fourth-order valence-electron chi connectivity index (χ4n) is 4.93. The lowest BCUT2D eigenvalue weighted by Gasteiger charge is -2.31. The van der Waals surface area contributed by atoms with Crippen LogP contribution < -0.4 is 19.8 Å². The van der Waals surface area contributed by atoms with Crippen molar-refractivity contribution in [3.63, 3.8) is 0 Å². The van der Waals surface area contributed by atoms with E-state index in [0.29, 0.717) is 24.1 Å². The van der Waals surface area contributed by atoms with Crippen molar-refractivity contribution in [2.75, 3.05) is 53.3 Å². The fraction of sp³-hybridized carbons (Fsp3) is 0.423. The van der Waals surface area contributed by atoms with Gasteiger partial charge < -0.3 is 20.3 Å². The summed E-state index contributed by atoms with van der Waals surface area (Å²) in [5.41, 5.74) is 5.50. The molecule has 3 atom stereocenters. The van der Waals surface area contributed by atoms with Gasteiger partial charge in [-0.3, -0.25) is 4.31 Å². The summed E-state index contributed by atoms with van der Waals surface area (Å²) in [4.78, 5) is 18.8. The number of benzene rings is 1. The second-order valence-corrected chi connectivity index (χ2v) is 12.3. The van der Waals surface area contributed by atoms with Crippen molar-refractivity contribution in [1.29, 1.82) is 0 Å². The number of hydrogen-bond donors (Lipinski definition) is 2. The molecule has 0 saturated carbocycles. The minimum absolute atomic E-state index is 0.0750. The van der Waals surface area contributed by atoms with E-state index in [9.17, 15) is 4.21 Å². The minimum atomic E-state index is -1.03. The van der Waals surface area contributed by atoms with Gasteiger partial charge in [-0.2, -0.15) is 4.98 Å². The van der Waals surface area contributed by atoms with E-state index in [2.05, 4.69) is 45.7 Å². The highest BCUT2D eigenvalue weighted by molar-refractivity contribution is 8.00. The van der Waals surface area contributed by atoms with E-state index in [1.165, 1.54) is 11.1 Å². The van der Waals surface area contributed by atoms with E-state index < -0.39 is 11.0 Å². The summed E-state index contributed by atoms with van der Waals surface area (Å²) in [5, 5.41) is 7.11. The Morgan fingerprint density at radius 1 is 1.29 bits per heavy atom. The smallest absolute Gasteiger partial charge is 0.227 e. The van der Waals surface area contributed by atoms with Crippen LogP contribution >= 0.6 is 11.8 Å². The summed E-state index contributed by atoms with van der Waals surface area (Å²) in [7, 11) is 8.63. The number of pyridine rings is 1. The minimum Gasteiger partial charge on any atom is -0.368 e. The number of aryl methyl sites for hydroxylation is 1. The quantitative estimate of drug-likeness (QED) is 0.405. The van der Waals surface area contributed by atoms with Gasteiger partial charge in [-0.25, -0.2) is 14.2 Å². The van der Waals surface area contributed by atoms with Crippen molar-refractivity contribution < 1.29 is 4.21 Å². The van der Waals surface area contributed by atoms with Gasteiger partial charge in [-0.05, 0) is 50.9 Å². The lowest BCUT2D eigenvalue weighted by atomic mass is 9.97. The predicted molar refractivity (Wildman–Crippen MR) is 159 cm³/mol. The summed E-state index contributed by atoms with van der Waals surface area (Å²) in [6, 6.07) is 10.4. The van der Waals surface area contributed by atoms with Crippen molar-refractivity contribution >= 4 is 59.7 Å². The second-order valence-electron chi connectivity index (χ2n) is 9.90. The second kappa shape index (κ2) is 11.1. The van der Waals surface area contributed by atoms with Crippen LogP contribution in [0, 0.1) is 6.92 Å². The van der Waals surface area contributed by atoms with Crippen molar-refractivity contribution in [1.82, 2.24) is 19.8 Å². The Morgan fingerprint density at radius 2 is 2.11 bits per heavy atom. The molecule has 2 aliphatic rings. The third-order valence-electron chi connectivity index (χ3n) is 6.86. The van der Waals surface area contributed by atoms with Gasteiger partial charge in [0.25, 0.3) is 0 Å². The van der Waals surface area contributed by atoms with Crippen LogP contribution in [0.4, 0.5) is 29.0 Å². The van der Waals surface area contributed by atoms with Crippen LogP contribution in [-0.4, -0.2) is 71.4 Å². The van der Waals surface area contributed by atoms with Crippen LogP contribution in [-0.2, 0) is 17.4 Å². The van der Waals surface area contributed by atoms with Gasteiger partial charge in [-0.15, -0.1) is 0 Å². The largest absolute Gasteiger partial charge is 0.368 e. The first kappa shape index (κ1) is 26.8. The number of anilines is 5. The third-order valence-corrected chi connectivity index (χ3v) is 9.05. The molecular formula is C26H33BN8OS2. The zero-order chi connectivity index (χ0) is 27.0. The van der Waals surface area contributed by atoms with Gasteiger partial charge in [-0.1, -0.05) is 23.9 Å². The lowest BCUT2D eigenvalue weighted by Crippen LogP contribution is -2.39. The SMILES string of the molecule is [B]N(C)CC(C)N(C)c1nc(C)cc(Nc2cc3c(cn2)SC(c2cccc4c2CCCN4S(C)=O)N3)n1. The standard InChI is InChI=1S/C26H33BN8OS2/c1-16-12-24(32-26(29-16)34(4)17(2)15-33(3)27)31-23-13-20-22(14-28-23)37-25(30-20)19-8-6-10-21-18(19)9-7-11-35(21)38(5)36/h6,8,10,12-14,17,25,30H,7,9,11,15H2,1-5H3,(H,28,29,31,32). The summed E-state index contributed by atoms with van der Waals surface area (Å²) in [6.45, 7) is 5.56.